The summed E-state index contributed by atoms with van der Waals surface area (Å²) in [4.78, 5) is 6.28. The van der Waals surface area contributed by atoms with Gasteiger partial charge in [-0.05, 0) is 40.8 Å². The third kappa shape index (κ3) is 4.18. The number of nitrogens with zero attached hydrogens (tertiary/aromatic N) is 1. The molecule has 1 aliphatic rings. The summed E-state index contributed by atoms with van der Waals surface area (Å²) in [6, 6.07) is 25.8. The highest BCUT2D eigenvalue weighted by Gasteiger charge is 2.25. The summed E-state index contributed by atoms with van der Waals surface area (Å²) in [5.74, 6) is 0.564. The van der Waals surface area contributed by atoms with Gasteiger partial charge in [-0.15, -0.1) is 0 Å². The highest BCUT2D eigenvalue weighted by molar-refractivity contribution is 7.85. The summed E-state index contributed by atoms with van der Waals surface area (Å²) < 4.78 is 19.2. The monoisotopic (exact) mass is 403 g/mol. The van der Waals surface area contributed by atoms with Crippen LogP contribution in [0.15, 0.2) is 93.6 Å². The molecule has 1 unspecified atom stereocenters. The lowest BCUT2D eigenvalue weighted by molar-refractivity contribution is 0.319. The van der Waals surface area contributed by atoms with Crippen LogP contribution < -0.4 is 0 Å². The molecule has 1 aliphatic heterocycles. The molecule has 0 fully saturated rings. The van der Waals surface area contributed by atoms with Crippen LogP contribution in [0.2, 0.25) is 0 Å². The minimum absolute atomic E-state index is 0.0289. The van der Waals surface area contributed by atoms with Crippen molar-refractivity contribution < 1.29 is 8.95 Å². The van der Waals surface area contributed by atoms with Gasteiger partial charge in [0.2, 0.25) is 5.90 Å². The number of hydrogen-bond donors (Lipinski definition) is 0. The Kier molecular flexibility index (Phi) is 5.37. The standard InChI is InChI=1S/C25H25NO2S/c1-25(2,3)19-13-15-20(16-14-19)29(27)23-12-8-7-11-21(23)24-26-22(17-28-24)18-9-5-4-6-10-18/h4-16,22H,17H2,1-3H3/t22?,29-/m0/s1. The second kappa shape index (κ2) is 7.96. The average Bonchev–Trinajstić information content (AvgIpc) is 3.23. The van der Waals surface area contributed by atoms with E-state index < -0.39 is 10.8 Å². The smallest absolute Gasteiger partial charge is 0.218 e. The van der Waals surface area contributed by atoms with E-state index in [4.69, 9.17) is 9.73 Å². The molecule has 4 rings (SSSR count). The van der Waals surface area contributed by atoms with Gasteiger partial charge < -0.3 is 4.74 Å². The molecule has 148 valence electrons. The molecule has 2 atom stereocenters. The largest absolute Gasteiger partial charge is 0.475 e. The van der Waals surface area contributed by atoms with Crippen molar-refractivity contribution in [3.05, 3.63) is 95.6 Å². The van der Waals surface area contributed by atoms with Gasteiger partial charge in [0, 0.05) is 4.90 Å². The van der Waals surface area contributed by atoms with Gasteiger partial charge in [-0.2, -0.15) is 0 Å². The van der Waals surface area contributed by atoms with E-state index in [1.165, 1.54) is 5.56 Å². The Morgan fingerprint density at radius 1 is 0.897 bits per heavy atom. The molecule has 0 aliphatic carbocycles. The Bertz CT molecular complexity index is 1050. The molecule has 0 bridgehead atoms. The number of benzene rings is 3. The van der Waals surface area contributed by atoms with E-state index in [0.29, 0.717) is 12.5 Å². The lowest BCUT2D eigenvalue weighted by Crippen LogP contribution is -2.11. The van der Waals surface area contributed by atoms with E-state index in [-0.39, 0.29) is 11.5 Å². The zero-order valence-corrected chi connectivity index (χ0v) is 17.8. The van der Waals surface area contributed by atoms with Gasteiger partial charge in [-0.3, -0.25) is 0 Å². The van der Waals surface area contributed by atoms with E-state index >= 15 is 0 Å². The van der Waals surface area contributed by atoms with Crippen molar-refractivity contribution in [1.29, 1.82) is 0 Å². The summed E-state index contributed by atoms with van der Waals surface area (Å²) in [6.07, 6.45) is 0. The minimum atomic E-state index is -1.31. The van der Waals surface area contributed by atoms with Crippen LogP contribution in [0.5, 0.6) is 0 Å². The molecule has 4 heteroatoms. The van der Waals surface area contributed by atoms with Crippen molar-refractivity contribution in [2.45, 2.75) is 42.0 Å². The summed E-state index contributed by atoms with van der Waals surface area (Å²) in [7, 11) is -1.31. The van der Waals surface area contributed by atoms with Gasteiger partial charge in [0.05, 0.1) is 21.3 Å². The molecular weight excluding hydrogens is 378 g/mol. The SMILES string of the molecule is CC(C)(C)c1ccc([S@](=O)c2ccccc2C2=NC(c3ccccc3)CO2)cc1. The Balaban J connectivity index is 1.64. The molecule has 1 heterocycles. The number of aliphatic imine (C=N–C) groups is 1. The molecule has 3 aromatic rings. The number of hydrogen-bond acceptors (Lipinski definition) is 3. The van der Waals surface area contributed by atoms with Crippen LogP contribution in [0.4, 0.5) is 0 Å². The third-order valence-corrected chi connectivity index (χ3v) is 6.54. The summed E-state index contributed by atoms with van der Waals surface area (Å²) in [5.41, 5.74) is 3.21. The molecule has 0 aromatic heterocycles. The normalized spacial score (nSPS) is 17.5. The summed E-state index contributed by atoms with van der Waals surface area (Å²) in [6.45, 7) is 7.02. The van der Waals surface area contributed by atoms with Crippen molar-refractivity contribution in [2.24, 2.45) is 4.99 Å². The van der Waals surface area contributed by atoms with Crippen LogP contribution in [0, 0.1) is 0 Å². The Morgan fingerprint density at radius 2 is 1.55 bits per heavy atom. The maximum absolute atomic E-state index is 13.3. The lowest BCUT2D eigenvalue weighted by Gasteiger charge is -2.19. The molecule has 0 spiro atoms. The quantitative estimate of drug-likeness (QED) is 0.563. The van der Waals surface area contributed by atoms with Crippen LogP contribution in [0.25, 0.3) is 0 Å². The topological polar surface area (TPSA) is 38.7 Å². The molecule has 29 heavy (non-hydrogen) atoms. The number of ether oxygens (including phenoxy) is 1. The van der Waals surface area contributed by atoms with Crippen LogP contribution in [-0.2, 0) is 21.0 Å². The first kappa shape index (κ1) is 19.6. The van der Waals surface area contributed by atoms with Gasteiger partial charge in [-0.25, -0.2) is 9.20 Å². The molecule has 3 nitrogen and oxygen atoms in total. The molecular formula is C25H25NO2S. The molecule has 3 aromatic carbocycles. The van der Waals surface area contributed by atoms with E-state index in [0.717, 1.165) is 20.9 Å². The second-order valence-corrected chi connectivity index (χ2v) is 9.66. The molecule has 0 amide bonds. The summed E-state index contributed by atoms with van der Waals surface area (Å²) in [5, 5.41) is 0. The highest BCUT2D eigenvalue weighted by Crippen LogP contribution is 2.29. The van der Waals surface area contributed by atoms with Gasteiger partial charge in [-0.1, -0.05) is 75.4 Å². The maximum atomic E-state index is 13.3. The predicted octanol–water partition coefficient (Wildman–Crippen LogP) is 5.67. The Labute approximate surface area is 174 Å². The fourth-order valence-corrected chi connectivity index (χ4v) is 4.57. The van der Waals surface area contributed by atoms with Crippen LogP contribution in [0.1, 0.15) is 43.5 Å². The van der Waals surface area contributed by atoms with E-state index in [1.54, 1.807) is 0 Å². The van der Waals surface area contributed by atoms with Gasteiger partial charge in [0.15, 0.2) is 0 Å². The average molecular weight is 404 g/mol. The van der Waals surface area contributed by atoms with Gasteiger partial charge >= 0.3 is 0 Å². The second-order valence-electron chi connectivity index (χ2n) is 8.21. The molecule has 0 radical (unpaired) electrons. The molecule has 0 saturated carbocycles. The molecule has 0 N–H and O–H groups in total. The van der Waals surface area contributed by atoms with Crippen molar-refractivity contribution >= 4 is 16.7 Å². The van der Waals surface area contributed by atoms with Crippen LogP contribution in [0.3, 0.4) is 0 Å². The summed E-state index contributed by atoms with van der Waals surface area (Å²) >= 11 is 0. The Morgan fingerprint density at radius 3 is 2.24 bits per heavy atom. The fraction of sp³-hybridized carbons (Fsp3) is 0.240. The first-order valence-corrected chi connectivity index (χ1v) is 11.0. The van der Waals surface area contributed by atoms with Gasteiger partial charge in [0.25, 0.3) is 0 Å². The maximum Gasteiger partial charge on any atom is 0.218 e. The van der Waals surface area contributed by atoms with Crippen molar-refractivity contribution in [3.63, 3.8) is 0 Å². The molecule has 0 saturated heterocycles. The lowest BCUT2D eigenvalue weighted by atomic mass is 9.87. The van der Waals surface area contributed by atoms with Crippen molar-refractivity contribution in [2.75, 3.05) is 6.61 Å². The first-order valence-electron chi connectivity index (χ1n) is 9.81. The van der Waals surface area contributed by atoms with E-state index in [2.05, 4.69) is 45.0 Å². The zero-order valence-electron chi connectivity index (χ0n) is 17.0. The fourth-order valence-electron chi connectivity index (χ4n) is 3.38. The third-order valence-electron chi connectivity index (χ3n) is 5.09. The Hall–Kier alpha value is -2.72. The zero-order chi connectivity index (χ0) is 20.4. The van der Waals surface area contributed by atoms with Crippen LogP contribution >= 0.6 is 0 Å². The van der Waals surface area contributed by atoms with Crippen LogP contribution in [-0.4, -0.2) is 16.7 Å². The highest BCUT2D eigenvalue weighted by atomic mass is 32.2. The number of rotatable bonds is 4. The van der Waals surface area contributed by atoms with E-state index in [1.807, 2.05) is 54.6 Å². The minimum Gasteiger partial charge on any atom is -0.475 e. The van der Waals surface area contributed by atoms with Crippen molar-refractivity contribution in [3.8, 4) is 0 Å². The van der Waals surface area contributed by atoms with Crippen molar-refractivity contribution in [1.82, 2.24) is 0 Å². The first-order chi connectivity index (χ1) is 13.9. The van der Waals surface area contributed by atoms with Gasteiger partial charge in [0.1, 0.15) is 12.6 Å². The predicted molar refractivity (Wildman–Crippen MR) is 118 cm³/mol. The van der Waals surface area contributed by atoms with E-state index in [9.17, 15) is 4.21 Å².